The third-order valence-corrected chi connectivity index (χ3v) is 3.02. The van der Waals surface area contributed by atoms with Crippen molar-refractivity contribution in [3.63, 3.8) is 0 Å². The van der Waals surface area contributed by atoms with Crippen molar-refractivity contribution in [1.29, 1.82) is 0 Å². The predicted molar refractivity (Wildman–Crippen MR) is 78.8 cm³/mol. The molecule has 0 radical (unpaired) electrons. The number of rotatable bonds is 2. The van der Waals surface area contributed by atoms with Crippen molar-refractivity contribution >= 4 is 10.8 Å². The van der Waals surface area contributed by atoms with Gasteiger partial charge in [0.2, 0.25) is 0 Å². The molecule has 0 spiro atoms. The quantitative estimate of drug-likeness (QED) is 0.632. The van der Waals surface area contributed by atoms with Crippen LogP contribution in [0.2, 0.25) is 0 Å². The minimum atomic E-state index is 0.611. The highest BCUT2D eigenvalue weighted by Gasteiger charge is 2.04. The lowest BCUT2D eigenvalue weighted by Gasteiger charge is -2.11. The summed E-state index contributed by atoms with van der Waals surface area (Å²) in [6.07, 6.45) is 1.11. The summed E-state index contributed by atoms with van der Waals surface area (Å²) in [7, 11) is 0. The average Bonchev–Trinajstić information content (AvgIpc) is 2.39. The summed E-state index contributed by atoms with van der Waals surface area (Å²) in [6, 6.07) is 13.3. The topological polar surface area (TPSA) is 0 Å². The Labute approximate surface area is 106 Å². The molecule has 0 heterocycles. The van der Waals surface area contributed by atoms with E-state index < -0.39 is 0 Å². The number of aryl methyl sites for hydroxylation is 1. The van der Waals surface area contributed by atoms with Gasteiger partial charge in [-0.1, -0.05) is 71.0 Å². The molecule has 0 heteroatoms. The van der Waals surface area contributed by atoms with Crippen LogP contribution in [0.15, 0.2) is 36.4 Å². The van der Waals surface area contributed by atoms with Gasteiger partial charge in [0.15, 0.2) is 0 Å². The minimum absolute atomic E-state index is 0.611. The minimum Gasteiger partial charge on any atom is -0.0683 e. The van der Waals surface area contributed by atoms with Crippen LogP contribution in [0.1, 0.15) is 51.7 Å². The first-order valence-corrected chi connectivity index (χ1v) is 6.74. The van der Waals surface area contributed by atoms with Gasteiger partial charge < -0.3 is 0 Å². The Morgan fingerprint density at radius 3 is 2.24 bits per heavy atom. The molecule has 0 unspecified atom stereocenters. The first-order valence-electron chi connectivity index (χ1n) is 6.74. The molecule has 0 nitrogen and oxygen atoms in total. The van der Waals surface area contributed by atoms with Gasteiger partial charge in [-0.2, -0.15) is 0 Å². The van der Waals surface area contributed by atoms with Gasteiger partial charge in [-0.25, -0.2) is 0 Å². The van der Waals surface area contributed by atoms with Crippen LogP contribution in [0.25, 0.3) is 10.8 Å². The van der Waals surface area contributed by atoms with E-state index in [9.17, 15) is 0 Å². The summed E-state index contributed by atoms with van der Waals surface area (Å²) in [5.74, 6) is 0.611. The summed E-state index contributed by atoms with van der Waals surface area (Å²) < 4.78 is 0. The summed E-state index contributed by atoms with van der Waals surface area (Å²) in [4.78, 5) is 0. The third-order valence-electron chi connectivity index (χ3n) is 3.02. The van der Waals surface area contributed by atoms with Crippen molar-refractivity contribution in [3.05, 3.63) is 47.5 Å². The zero-order valence-corrected chi connectivity index (χ0v) is 11.7. The lowest BCUT2D eigenvalue weighted by atomic mass is 9.94. The van der Waals surface area contributed by atoms with E-state index in [1.807, 2.05) is 13.8 Å². The summed E-state index contributed by atoms with van der Waals surface area (Å²) in [5, 5.41) is 2.78. The highest BCUT2D eigenvalue weighted by atomic mass is 14.1. The maximum absolute atomic E-state index is 2.35. The highest BCUT2D eigenvalue weighted by molar-refractivity contribution is 5.86. The second kappa shape index (κ2) is 6.44. The van der Waals surface area contributed by atoms with Crippen LogP contribution in [0.5, 0.6) is 0 Å². The molecule has 0 N–H and O–H groups in total. The maximum Gasteiger partial charge on any atom is -0.0152 e. The molecule has 0 aliphatic carbocycles. The molecule has 2 rings (SSSR count). The molecular formula is C17H24. The summed E-state index contributed by atoms with van der Waals surface area (Å²) in [5.41, 5.74) is 2.92. The van der Waals surface area contributed by atoms with E-state index >= 15 is 0 Å². The molecule has 0 fully saturated rings. The van der Waals surface area contributed by atoms with Crippen LogP contribution < -0.4 is 0 Å². The van der Waals surface area contributed by atoms with Gasteiger partial charge in [-0.05, 0) is 34.2 Å². The molecule has 0 bridgehead atoms. The molecule has 2 aromatic carbocycles. The Hall–Kier alpha value is -1.30. The van der Waals surface area contributed by atoms with Crippen molar-refractivity contribution in [2.45, 2.75) is 47.0 Å². The summed E-state index contributed by atoms with van der Waals surface area (Å²) in [6.45, 7) is 10.7. The molecule has 0 aliphatic heterocycles. The Morgan fingerprint density at radius 1 is 1.00 bits per heavy atom. The van der Waals surface area contributed by atoms with E-state index in [4.69, 9.17) is 0 Å². The molecule has 0 saturated heterocycles. The molecule has 2 aromatic rings. The van der Waals surface area contributed by atoms with E-state index in [2.05, 4.69) is 57.2 Å². The van der Waals surface area contributed by atoms with Gasteiger partial charge in [0.1, 0.15) is 0 Å². The first-order chi connectivity index (χ1) is 8.22. The van der Waals surface area contributed by atoms with E-state index in [1.54, 1.807) is 0 Å². The van der Waals surface area contributed by atoms with E-state index in [0.29, 0.717) is 5.92 Å². The van der Waals surface area contributed by atoms with Gasteiger partial charge >= 0.3 is 0 Å². The molecule has 0 saturated carbocycles. The predicted octanol–water partition coefficient (Wildman–Crippen LogP) is 5.55. The fraction of sp³-hybridized carbons (Fsp3) is 0.412. The Morgan fingerprint density at radius 2 is 1.65 bits per heavy atom. The van der Waals surface area contributed by atoms with Crippen LogP contribution in [-0.4, -0.2) is 0 Å². The van der Waals surface area contributed by atoms with Gasteiger partial charge in [-0.15, -0.1) is 0 Å². The zero-order valence-electron chi connectivity index (χ0n) is 11.7. The van der Waals surface area contributed by atoms with Crippen molar-refractivity contribution in [3.8, 4) is 0 Å². The fourth-order valence-electron chi connectivity index (χ4n) is 2.04. The third kappa shape index (κ3) is 3.09. The summed E-state index contributed by atoms with van der Waals surface area (Å²) >= 11 is 0. The molecule has 0 aliphatic rings. The van der Waals surface area contributed by atoms with Crippen molar-refractivity contribution in [2.24, 2.45) is 0 Å². The van der Waals surface area contributed by atoms with E-state index in [0.717, 1.165) is 6.42 Å². The average molecular weight is 228 g/mol. The smallest absolute Gasteiger partial charge is 0.0152 e. The number of benzene rings is 2. The van der Waals surface area contributed by atoms with Crippen LogP contribution in [0.4, 0.5) is 0 Å². The number of fused-ring (bicyclic) bond motifs is 1. The van der Waals surface area contributed by atoms with Crippen LogP contribution >= 0.6 is 0 Å². The molecule has 0 atom stereocenters. The molecular weight excluding hydrogens is 204 g/mol. The van der Waals surface area contributed by atoms with Crippen molar-refractivity contribution in [2.75, 3.05) is 0 Å². The Kier molecular flexibility index (Phi) is 5.21. The van der Waals surface area contributed by atoms with Crippen LogP contribution in [0, 0.1) is 0 Å². The number of hydrogen-bond donors (Lipinski definition) is 0. The maximum atomic E-state index is 2.35. The van der Waals surface area contributed by atoms with Gasteiger partial charge in [-0.3, -0.25) is 0 Å². The lowest BCUT2D eigenvalue weighted by Crippen LogP contribution is -1.91. The van der Waals surface area contributed by atoms with Gasteiger partial charge in [0, 0.05) is 0 Å². The van der Waals surface area contributed by atoms with Crippen molar-refractivity contribution in [1.82, 2.24) is 0 Å². The molecule has 92 valence electrons. The van der Waals surface area contributed by atoms with Gasteiger partial charge in [0.25, 0.3) is 0 Å². The standard InChI is InChI=1S/C15H18.C2H6/c1-4-12-9-14(11(2)3)10-13-7-5-6-8-15(12)13;1-2/h5-11H,4H2,1-3H3;1-2H3. The van der Waals surface area contributed by atoms with Crippen LogP contribution in [0.3, 0.4) is 0 Å². The first kappa shape index (κ1) is 13.8. The molecule has 0 aromatic heterocycles. The van der Waals surface area contributed by atoms with Crippen LogP contribution in [-0.2, 0) is 6.42 Å². The number of hydrogen-bond acceptors (Lipinski definition) is 0. The second-order valence-corrected chi connectivity index (χ2v) is 4.41. The SMILES string of the molecule is CC.CCc1cc(C(C)C)cc2ccccc12. The second-order valence-electron chi connectivity index (χ2n) is 4.41. The Balaban J connectivity index is 0.000000686. The molecule has 17 heavy (non-hydrogen) atoms. The van der Waals surface area contributed by atoms with Crippen molar-refractivity contribution < 1.29 is 0 Å². The van der Waals surface area contributed by atoms with Gasteiger partial charge in [0.05, 0.1) is 0 Å². The highest BCUT2D eigenvalue weighted by Crippen LogP contribution is 2.25. The Bertz CT molecular complexity index is 466. The largest absolute Gasteiger partial charge is 0.0683 e. The van der Waals surface area contributed by atoms with E-state index in [1.165, 1.54) is 21.9 Å². The molecule has 0 amide bonds. The normalized spacial score (nSPS) is 10.2. The fourth-order valence-corrected chi connectivity index (χ4v) is 2.04. The lowest BCUT2D eigenvalue weighted by molar-refractivity contribution is 0.865. The monoisotopic (exact) mass is 228 g/mol. The zero-order chi connectivity index (χ0) is 12.8. The van der Waals surface area contributed by atoms with E-state index in [-0.39, 0.29) is 0 Å².